The van der Waals surface area contributed by atoms with Crippen LogP contribution in [0, 0.1) is 5.92 Å². The molecule has 3 heteroatoms. The van der Waals surface area contributed by atoms with Crippen molar-refractivity contribution in [3.05, 3.63) is 0 Å². The van der Waals surface area contributed by atoms with Gasteiger partial charge in [0, 0.05) is 24.5 Å². The molecule has 1 fully saturated rings. The predicted molar refractivity (Wildman–Crippen MR) is 71.7 cm³/mol. The van der Waals surface area contributed by atoms with Crippen molar-refractivity contribution in [1.29, 1.82) is 0 Å². The summed E-state index contributed by atoms with van der Waals surface area (Å²) >= 11 is 0. The first-order valence-electron chi connectivity index (χ1n) is 7.12. The third-order valence-electron chi connectivity index (χ3n) is 3.85. The van der Waals surface area contributed by atoms with Gasteiger partial charge in [0.05, 0.1) is 0 Å². The molecule has 1 aliphatic rings. The molecule has 0 aromatic carbocycles. The maximum atomic E-state index is 12.3. The lowest BCUT2D eigenvalue weighted by atomic mass is 10.00. The van der Waals surface area contributed by atoms with E-state index in [1.54, 1.807) is 0 Å². The van der Waals surface area contributed by atoms with E-state index in [0.29, 0.717) is 11.9 Å². The molecule has 0 bridgehead atoms. The number of nitrogens with two attached hydrogens (primary N) is 1. The van der Waals surface area contributed by atoms with Crippen LogP contribution in [0.2, 0.25) is 0 Å². The summed E-state index contributed by atoms with van der Waals surface area (Å²) in [6.45, 7) is 7.24. The molecule has 1 heterocycles. The Bertz CT molecular complexity index is 240. The van der Waals surface area contributed by atoms with Gasteiger partial charge >= 0.3 is 0 Å². The average Bonchev–Trinajstić information content (AvgIpc) is 2.75. The Morgan fingerprint density at radius 3 is 2.71 bits per heavy atom. The van der Waals surface area contributed by atoms with Crippen molar-refractivity contribution in [2.75, 3.05) is 6.54 Å². The highest BCUT2D eigenvalue weighted by molar-refractivity contribution is 5.79. The largest absolute Gasteiger partial charge is 0.339 e. The zero-order valence-electron chi connectivity index (χ0n) is 11.6. The Morgan fingerprint density at radius 1 is 1.41 bits per heavy atom. The first kappa shape index (κ1) is 14.5. The standard InChI is InChI=1S/C14H28N2O/c1-4-13-9-6-10-16(13)14(17)11(2)7-5-8-12(3)15/h11-13H,4-10,15H2,1-3H3. The second-order valence-electron chi connectivity index (χ2n) is 5.55. The highest BCUT2D eigenvalue weighted by Gasteiger charge is 2.29. The summed E-state index contributed by atoms with van der Waals surface area (Å²) in [6.07, 6.45) is 6.53. The topological polar surface area (TPSA) is 46.3 Å². The summed E-state index contributed by atoms with van der Waals surface area (Å²) in [6, 6.07) is 0.755. The molecule has 1 rings (SSSR count). The van der Waals surface area contributed by atoms with Gasteiger partial charge in [-0.15, -0.1) is 0 Å². The highest BCUT2D eigenvalue weighted by atomic mass is 16.2. The molecule has 1 aliphatic heterocycles. The van der Waals surface area contributed by atoms with E-state index in [9.17, 15) is 4.79 Å². The van der Waals surface area contributed by atoms with Crippen LogP contribution in [-0.4, -0.2) is 29.4 Å². The predicted octanol–water partition coefficient (Wildman–Crippen LogP) is 2.54. The van der Waals surface area contributed by atoms with Crippen molar-refractivity contribution < 1.29 is 4.79 Å². The summed E-state index contributed by atoms with van der Waals surface area (Å²) in [5.41, 5.74) is 5.73. The molecule has 0 aromatic rings. The molecule has 2 N–H and O–H groups in total. The Labute approximate surface area is 106 Å². The van der Waals surface area contributed by atoms with Gasteiger partial charge in [0.1, 0.15) is 0 Å². The first-order chi connectivity index (χ1) is 8.06. The third-order valence-corrected chi connectivity index (χ3v) is 3.85. The van der Waals surface area contributed by atoms with E-state index < -0.39 is 0 Å². The number of carbonyl (C=O) groups excluding carboxylic acids is 1. The number of amides is 1. The second kappa shape index (κ2) is 7.00. The lowest BCUT2D eigenvalue weighted by Gasteiger charge is -2.27. The lowest BCUT2D eigenvalue weighted by Crippen LogP contribution is -2.38. The molecular weight excluding hydrogens is 212 g/mol. The minimum absolute atomic E-state index is 0.167. The van der Waals surface area contributed by atoms with E-state index in [0.717, 1.165) is 32.2 Å². The van der Waals surface area contributed by atoms with Crippen LogP contribution in [0.4, 0.5) is 0 Å². The Hall–Kier alpha value is -0.570. The molecule has 17 heavy (non-hydrogen) atoms. The molecule has 0 aromatic heterocycles. The van der Waals surface area contributed by atoms with Gasteiger partial charge in [-0.25, -0.2) is 0 Å². The Morgan fingerprint density at radius 2 is 2.12 bits per heavy atom. The van der Waals surface area contributed by atoms with Gasteiger partial charge in [-0.3, -0.25) is 4.79 Å². The maximum absolute atomic E-state index is 12.3. The first-order valence-corrected chi connectivity index (χ1v) is 7.12. The van der Waals surface area contributed by atoms with Gasteiger partial charge in [0.2, 0.25) is 5.91 Å². The molecule has 0 radical (unpaired) electrons. The minimum Gasteiger partial charge on any atom is -0.339 e. The molecule has 0 aliphatic carbocycles. The number of hydrogen-bond donors (Lipinski definition) is 1. The van der Waals surface area contributed by atoms with E-state index in [2.05, 4.69) is 18.7 Å². The molecule has 0 saturated carbocycles. The Kier molecular flexibility index (Phi) is 5.96. The fourth-order valence-electron chi connectivity index (χ4n) is 2.70. The summed E-state index contributed by atoms with van der Waals surface area (Å²) < 4.78 is 0. The molecule has 3 unspecified atom stereocenters. The van der Waals surface area contributed by atoms with Crippen molar-refractivity contribution >= 4 is 5.91 Å². The van der Waals surface area contributed by atoms with Gasteiger partial charge in [-0.2, -0.15) is 0 Å². The molecule has 1 amide bonds. The van der Waals surface area contributed by atoms with Crippen LogP contribution in [0.1, 0.15) is 59.3 Å². The van der Waals surface area contributed by atoms with E-state index in [4.69, 9.17) is 5.73 Å². The quantitative estimate of drug-likeness (QED) is 0.775. The summed E-state index contributed by atoms with van der Waals surface area (Å²) in [5.74, 6) is 0.528. The molecule has 1 saturated heterocycles. The zero-order valence-corrected chi connectivity index (χ0v) is 11.6. The van der Waals surface area contributed by atoms with E-state index >= 15 is 0 Å². The summed E-state index contributed by atoms with van der Waals surface area (Å²) in [7, 11) is 0. The van der Waals surface area contributed by atoms with Gasteiger partial charge < -0.3 is 10.6 Å². The minimum atomic E-state index is 0.167. The van der Waals surface area contributed by atoms with Crippen LogP contribution < -0.4 is 5.73 Å². The van der Waals surface area contributed by atoms with Crippen molar-refractivity contribution in [3.8, 4) is 0 Å². The van der Waals surface area contributed by atoms with Gasteiger partial charge in [-0.05, 0) is 39.0 Å². The molecule has 3 nitrogen and oxygen atoms in total. The van der Waals surface area contributed by atoms with Crippen LogP contribution in [-0.2, 0) is 4.79 Å². The number of rotatable bonds is 6. The van der Waals surface area contributed by atoms with E-state index in [1.165, 1.54) is 12.8 Å². The summed E-state index contributed by atoms with van der Waals surface area (Å²) in [4.78, 5) is 14.4. The van der Waals surface area contributed by atoms with Gasteiger partial charge in [0.15, 0.2) is 0 Å². The zero-order chi connectivity index (χ0) is 12.8. The van der Waals surface area contributed by atoms with Crippen molar-refractivity contribution in [2.24, 2.45) is 11.7 Å². The number of likely N-dealkylation sites (tertiary alicyclic amines) is 1. The number of nitrogens with zero attached hydrogens (tertiary/aromatic N) is 1. The van der Waals surface area contributed by atoms with Crippen molar-refractivity contribution in [1.82, 2.24) is 4.90 Å². The third kappa shape index (κ3) is 4.30. The summed E-state index contributed by atoms with van der Waals surface area (Å²) in [5, 5.41) is 0. The van der Waals surface area contributed by atoms with Crippen molar-refractivity contribution in [3.63, 3.8) is 0 Å². The van der Waals surface area contributed by atoms with Crippen LogP contribution >= 0.6 is 0 Å². The smallest absolute Gasteiger partial charge is 0.225 e. The van der Waals surface area contributed by atoms with E-state index in [1.807, 2.05) is 6.92 Å². The lowest BCUT2D eigenvalue weighted by molar-refractivity contribution is -0.136. The fraction of sp³-hybridized carbons (Fsp3) is 0.929. The van der Waals surface area contributed by atoms with Crippen molar-refractivity contribution in [2.45, 2.75) is 71.4 Å². The highest BCUT2D eigenvalue weighted by Crippen LogP contribution is 2.23. The van der Waals surface area contributed by atoms with E-state index in [-0.39, 0.29) is 12.0 Å². The van der Waals surface area contributed by atoms with Crippen LogP contribution in [0.25, 0.3) is 0 Å². The van der Waals surface area contributed by atoms with Gasteiger partial charge in [-0.1, -0.05) is 20.3 Å². The second-order valence-corrected chi connectivity index (χ2v) is 5.55. The number of hydrogen-bond acceptors (Lipinski definition) is 2. The van der Waals surface area contributed by atoms with Gasteiger partial charge in [0.25, 0.3) is 0 Å². The fourth-order valence-corrected chi connectivity index (χ4v) is 2.70. The molecule has 100 valence electrons. The van der Waals surface area contributed by atoms with Crippen LogP contribution in [0.3, 0.4) is 0 Å². The van der Waals surface area contributed by atoms with Crippen LogP contribution in [0.15, 0.2) is 0 Å². The maximum Gasteiger partial charge on any atom is 0.225 e. The normalized spacial score (nSPS) is 23.8. The number of carbonyl (C=O) groups is 1. The molecule has 0 spiro atoms. The molecule has 3 atom stereocenters. The average molecular weight is 240 g/mol. The Balaban J connectivity index is 2.35. The van der Waals surface area contributed by atoms with Crippen LogP contribution in [0.5, 0.6) is 0 Å². The monoisotopic (exact) mass is 240 g/mol. The molecular formula is C14H28N2O. The SMILES string of the molecule is CCC1CCCN1C(=O)C(C)CCCC(C)N.